The Bertz CT molecular complexity index is 863. The topological polar surface area (TPSA) is 99.5 Å². The number of nitrogens with zero attached hydrogens (tertiary/aromatic N) is 2. The lowest BCUT2D eigenvalue weighted by Crippen LogP contribution is -2.47. The first kappa shape index (κ1) is 24.3. The van der Waals surface area contributed by atoms with Gasteiger partial charge < -0.3 is 19.9 Å². The summed E-state index contributed by atoms with van der Waals surface area (Å²) in [6.07, 6.45) is -0.473. The van der Waals surface area contributed by atoms with E-state index in [4.69, 9.17) is 9.68 Å². The molecular weight excluding hydrogens is 436 g/mol. The van der Waals surface area contributed by atoms with E-state index in [1.807, 2.05) is 60.7 Å². The second-order valence-corrected chi connectivity index (χ2v) is 8.99. The van der Waals surface area contributed by atoms with Crippen molar-refractivity contribution in [3.05, 3.63) is 71.8 Å². The number of carbonyl (C=O) groups is 2. The number of benzene rings is 2. The van der Waals surface area contributed by atoms with Crippen LogP contribution in [-0.4, -0.2) is 70.7 Å². The quantitative estimate of drug-likeness (QED) is 0.639. The number of hydrogen-bond acceptors (Lipinski definition) is 8. The number of piperidine rings is 2. The van der Waals surface area contributed by atoms with Crippen LogP contribution in [0.15, 0.2) is 60.7 Å². The molecule has 2 heterocycles. The van der Waals surface area contributed by atoms with Crippen LogP contribution in [-0.2, 0) is 19.3 Å². The fourth-order valence-electron chi connectivity index (χ4n) is 4.67. The van der Waals surface area contributed by atoms with Crippen molar-refractivity contribution in [2.24, 2.45) is 0 Å². The predicted octanol–water partition coefficient (Wildman–Crippen LogP) is 2.38. The lowest BCUT2D eigenvalue weighted by atomic mass is 9.91. The van der Waals surface area contributed by atoms with Gasteiger partial charge in [-0.25, -0.2) is 9.59 Å². The van der Waals surface area contributed by atoms with E-state index in [2.05, 4.69) is 0 Å². The zero-order valence-electron chi connectivity index (χ0n) is 19.2. The van der Waals surface area contributed by atoms with E-state index in [-0.39, 0.29) is 11.8 Å². The third-order valence-electron chi connectivity index (χ3n) is 6.53. The summed E-state index contributed by atoms with van der Waals surface area (Å²) in [5, 5.41) is 23.5. The molecule has 2 aromatic carbocycles. The second-order valence-electron chi connectivity index (χ2n) is 8.99. The van der Waals surface area contributed by atoms with Gasteiger partial charge in [-0.3, -0.25) is 0 Å². The van der Waals surface area contributed by atoms with Crippen molar-refractivity contribution in [1.29, 1.82) is 0 Å². The molecule has 2 N–H and O–H groups in total. The van der Waals surface area contributed by atoms with Crippen molar-refractivity contribution in [2.75, 3.05) is 26.2 Å². The normalized spacial score (nSPS) is 23.6. The maximum absolute atomic E-state index is 12.4. The predicted molar refractivity (Wildman–Crippen MR) is 124 cm³/mol. The van der Waals surface area contributed by atoms with Crippen LogP contribution < -0.4 is 0 Å². The monoisotopic (exact) mass is 468 g/mol. The molecule has 2 fully saturated rings. The molecule has 8 heteroatoms. The molecule has 4 rings (SSSR count). The number of hydrogen-bond donors (Lipinski definition) is 2. The van der Waals surface area contributed by atoms with Crippen LogP contribution in [0.25, 0.3) is 0 Å². The molecule has 8 nitrogen and oxygen atoms in total. The van der Waals surface area contributed by atoms with Crippen molar-refractivity contribution in [2.45, 2.75) is 49.7 Å². The number of aliphatic hydroxyl groups is 2. The molecule has 0 aromatic heterocycles. The van der Waals surface area contributed by atoms with Gasteiger partial charge in [-0.05, 0) is 48.6 Å². The van der Waals surface area contributed by atoms with Crippen LogP contribution in [0.5, 0.6) is 0 Å². The fourth-order valence-corrected chi connectivity index (χ4v) is 4.67. The Morgan fingerprint density at radius 2 is 1.09 bits per heavy atom. The minimum absolute atomic E-state index is 0.200. The van der Waals surface area contributed by atoms with Gasteiger partial charge in [0.1, 0.15) is 0 Å². The maximum Gasteiger partial charge on any atom is 0.357 e. The molecule has 0 amide bonds. The van der Waals surface area contributed by atoms with E-state index >= 15 is 0 Å². The molecule has 34 heavy (non-hydrogen) atoms. The molecule has 182 valence electrons. The molecule has 2 aliphatic rings. The Hall–Kier alpha value is -2.78. The van der Waals surface area contributed by atoms with Gasteiger partial charge in [-0.1, -0.05) is 60.7 Å². The minimum atomic E-state index is -2.03. The smallest absolute Gasteiger partial charge is 0.357 e. The molecular formula is C26H32N2O6. The third-order valence-corrected chi connectivity index (χ3v) is 6.53. The molecule has 0 radical (unpaired) electrons. The molecule has 0 spiro atoms. The van der Waals surface area contributed by atoms with E-state index in [0.29, 0.717) is 26.2 Å². The Balaban J connectivity index is 1.27. The Morgan fingerprint density at radius 1 is 0.706 bits per heavy atom. The summed E-state index contributed by atoms with van der Waals surface area (Å²) in [5.74, 6) is -1.74. The van der Waals surface area contributed by atoms with Crippen molar-refractivity contribution in [1.82, 2.24) is 10.1 Å². The SMILES string of the molecule is O=C(ON1CCC[C@@H](c2ccccc2)C1)C(O)C(O)C(=O)ON1CCC[C@@H](c2ccccc2)C1. The van der Waals surface area contributed by atoms with Gasteiger partial charge in [0, 0.05) is 26.2 Å². The van der Waals surface area contributed by atoms with Crippen LogP contribution >= 0.6 is 0 Å². The lowest BCUT2D eigenvalue weighted by molar-refractivity contribution is -0.223. The van der Waals surface area contributed by atoms with Crippen LogP contribution in [0.3, 0.4) is 0 Å². The molecule has 2 aliphatic heterocycles. The van der Waals surface area contributed by atoms with Gasteiger partial charge in [0.25, 0.3) is 0 Å². The van der Waals surface area contributed by atoms with E-state index in [0.717, 1.165) is 36.8 Å². The van der Waals surface area contributed by atoms with E-state index in [9.17, 15) is 19.8 Å². The van der Waals surface area contributed by atoms with Crippen LogP contribution in [0.4, 0.5) is 0 Å². The highest BCUT2D eigenvalue weighted by atomic mass is 16.7. The van der Waals surface area contributed by atoms with Crippen LogP contribution in [0.2, 0.25) is 0 Å². The van der Waals surface area contributed by atoms with Gasteiger partial charge in [0.15, 0.2) is 12.2 Å². The van der Waals surface area contributed by atoms with Crippen molar-refractivity contribution in [3.63, 3.8) is 0 Å². The zero-order chi connectivity index (χ0) is 23.9. The summed E-state index contributed by atoms with van der Waals surface area (Å²) < 4.78 is 0. The molecule has 4 atom stereocenters. The number of hydroxylamine groups is 4. The first-order chi connectivity index (χ1) is 16.5. The summed E-state index contributed by atoms with van der Waals surface area (Å²) in [6.45, 7) is 2.02. The number of carbonyl (C=O) groups excluding carboxylic acids is 2. The molecule has 2 aromatic rings. The largest absolute Gasteiger partial charge is 0.379 e. The van der Waals surface area contributed by atoms with Gasteiger partial charge in [-0.15, -0.1) is 10.1 Å². The maximum atomic E-state index is 12.4. The molecule has 2 saturated heterocycles. The average molecular weight is 469 g/mol. The highest BCUT2D eigenvalue weighted by molar-refractivity contribution is 5.85. The highest BCUT2D eigenvalue weighted by Crippen LogP contribution is 2.28. The summed E-state index contributed by atoms with van der Waals surface area (Å²) >= 11 is 0. The molecule has 0 saturated carbocycles. The number of rotatable bonds is 7. The Kier molecular flexibility index (Phi) is 8.29. The van der Waals surface area contributed by atoms with Gasteiger partial charge in [0.2, 0.25) is 0 Å². The summed E-state index contributed by atoms with van der Waals surface area (Å²) in [6, 6.07) is 19.9. The summed E-state index contributed by atoms with van der Waals surface area (Å²) in [5.41, 5.74) is 2.31. The number of aliphatic hydroxyl groups excluding tert-OH is 2. The van der Waals surface area contributed by atoms with Crippen LogP contribution in [0, 0.1) is 0 Å². The van der Waals surface area contributed by atoms with E-state index < -0.39 is 24.1 Å². The minimum Gasteiger partial charge on any atom is -0.379 e. The molecule has 0 aliphatic carbocycles. The van der Waals surface area contributed by atoms with Crippen molar-refractivity contribution in [3.8, 4) is 0 Å². The van der Waals surface area contributed by atoms with Gasteiger partial charge in [-0.2, -0.15) is 0 Å². The third kappa shape index (κ3) is 6.21. The summed E-state index contributed by atoms with van der Waals surface area (Å²) in [7, 11) is 0. The standard InChI is InChI=1S/C26H32N2O6/c29-23(25(31)33-27-15-7-13-21(17-27)19-9-3-1-4-10-19)24(30)26(32)34-28-16-8-14-22(18-28)20-11-5-2-6-12-20/h1-6,9-12,21-24,29-30H,7-8,13-18H2/t21-,22-,23?,24?/m1/s1. The second kappa shape index (κ2) is 11.6. The zero-order valence-corrected chi connectivity index (χ0v) is 19.2. The lowest BCUT2D eigenvalue weighted by Gasteiger charge is -2.33. The fraction of sp³-hybridized carbons (Fsp3) is 0.462. The Morgan fingerprint density at radius 3 is 1.47 bits per heavy atom. The van der Waals surface area contributed by atoms with Gasteiger partial charge in [0.05, 0.1) is 0 Å². The highest BCUT2D eigenvalue weighted by Gasteiger charge is 2.37. The average Bonchev–Trinajstić information content (AvgIpc) is 2.89. The van der Waals surface area contributed by atoms with Crippen LogP contribution in [0.1, 0.15) is 48.6 Å². The van der Waals surface area contributed by atoms with E-state index in [1.165, 1.54) is 10.1 Å². The van der Waals surface area contributed by atoms with Crippen molar-refractivity contribution < 1.29 is 29.5 Å². The Labute approximate surface area is 199 Å². The molecule has 0 bridgehead atoms. The van der Waals surface area contributed by atoms with E-state index in [1.54, 1.807) is 0 Å². The first-order valence-corrected chi connectivity index (χ1v) is 11.9. The molecule has 2 unspecified atom stereocenters. The van der Waals surface area contributed by atoms with Gasteiger partial charge >= 0.3 is 11.9 Å². The summed E-state index contributed by atoms with van der Waals surface area (Å²) in [4.78, 5) is 35.5. The van der Waals surface area contributed by atoms with Crippen molar-refractivity contribution >= 4 is 11.9 Å². The first-order valence-electron chi connectivity index (χ1n) is 11.9.